The van der Waals surface area contributed by atoms with Crippen LogP contribution in [-0.2, 0) is 6.42 Å². The Morgan fingerprint density at radius 3 is 2.60 bits per heavy atom. The average molecular weight is 418 g/mol. The van der Waals surface area contributed by atoms with Crippen molar-refractivity contribution in [3.05, 3.63) is 63.1 Å². The van der Waals surface area contributed by atoms with Crippen LogP contribution in [0.1, 0.15) is 71.6 Å². The van der Waals surface area contributed by atoms with E-state index in [-0.39, 0.29) is 22.5 Å². The normalized spacial score (nSPS) is 16.1. The van der Waals surface area contributed by atoms with Gasteiger partial charge in [0.05, 0.1) is 6.04 Å². The van der Waals surface area contributed by atoms with Gasteiger partial charge in [0.1, 0.15) is 11.3 Å². The maximum atomic E-state index is 12.8. The quantitative estimate of drug-likeness (QED) is 0.742. The third-order valence-corrected chi connectivity index (χ3v) is 5.19. The number of ether oxygens (including phenoxy) is 1. The molecule has 30 heavy (non-hydrogen) atoms. The molecule has 8 heteroatoms. The minimum atomic E-state index is -3.00. The van der Waals surface area contributed by atoms with Gasteiger partial charge in [-0.25, -0.2) is 0 Å². The highest BCUT2D eigenvalue weighted by molar-refractivity contribution is 6.02. The summed E-state index contributed by atoms with van der Waals surface area (Å²) in [5, 5.41) is 2.70. The first kappa shape index (κ1) is 21.7. The van der Waals surface area contributed by atoms with Crippen molar-refractivity contribution in [3.8, 4) is 5.75 Å². The third-order valence-electron chi connectivity index (χ3n) is 5.19. The fourth-order valence-electron chi connectivity index (χ4n) is 3.80. The van der Waals surface area contributed by atoms with E-state index in [0.29, 0.717) is 36.1 Å². The van der Waals surface area contributed by atoms with Gasteiger partial charge in [-0.1, -0.05) is 39.0 Å². The van der Waals surface area contributed by atoms with E-state index in [4.69, 9.17) is 0 Å². The largest absolute Gasteiger partial charge is 0.434 e. The van der Waals surface area contributed by atoms with Gasteiger partial charge < -0.3 is 15.0 Å². The number of aromatic amines is 1. The Hall–Kier alpha value is -3.03. The molecule has 0 radical (unpaired) electrons. The number of hydrogen-bond donors (Lipinski definition) is 2. The van der Waals surface area contributed by atoms with Gasteiger partial charge in [-0.15, -0.1) is 0 Å². The van der Waals surface area contributed by atoms with E-state index < -0.39 is 24.1 Å². The second-order valence-electron chi connectivity index (χ2n) is 8.20. The van der Waals surface area contributed by atoms with Crippen molar-refractivity contribution in [1.82, 2.24) is 10.3 Å². The van der Waals surface area contributed by atoms with Crippen LogP contribution in [0.2, 0.25) is 0 Å². The number of para-hydroxylation sites is 1. The molecule has 6 nitrogen and oxygen atoms in total. The predicted octanol–water partition coefficient (Wildman–Crippen LogP) is 4.01. The molecule has 3 rings (SSSR count). The number of fused-ring (bicyclic) bond motifs is 1. The van der Waals surface area contributed by atoms with E-state index in [2.05, 4.69) is 15.0 Å². The lowest BCUT2D eigenvalue weighted by atomic mass is 9.75. The summed E-state index contributed by atoms with van der Waals surface area (Å²) in [6.07, 6.45) is 1.23. The molecule has 2 N–H and O–H groups in total. The number of halogens is 2. The molecule has 0 spiro atoms. The maximum Gasteiger partial charge on any atom is 0.387 e. The van der Waals surface area contributed by atoms with E-state index in [0.717, 1.165) is 0 Å². The number of pyridine rings is 1. The van der Waals surface area contributed by atoms with Crippen LogP contribution in [0, 0.1) is 5.41 Å². The second-order valence-corrected chi connectivity index (χ2v) is 8.20. The lowest BCUT2D eigenvalue weighted by molar-refractivity contribution is -0.0507. The topological polar surface area (TPSA) is 88.3 Å². The van der Waals surface area contributed by atoms with Crippen LogP contribution in [-0.4, -0.2) is 23.3 Å². The molecule has 1 aliphatic rings. The van der Waals surface area contributed by atoms with Crippen molar-refractivity contribution in [3.63, 3.8) is 0 Å². The number of nitrogens with one attached hydrogen (secondary N) is 2. The number of amides is 1. The summed E-state index contributed by atoms with van der Waals surface area (Å²) in [5.41, 5.74) is 0.199. The number of Topliss-reactive ketones (excluding diaryl/α,β-unsaturated/α-hetero) is 1. The molecule has 0 saturated heterocycles. The molecule has 160 valence electrons. The van der Waals surface area contributed by atoms with Gasteiger partial charge in [-0.2, -0.15) is 8.78 Å². The Bertz CT molecular complexity index is 1030. The Morgan fingerprint density at radius 1 is 1.23 bits per heavy atom. The Balaban J connectivity index is 1.90. The van der Waals surface area contributed by atoms with Gasteiger partial charge in [0.2, 0.25) is 0 Å². The van der Waals surface area contributed by atoms with Crippen LogP contribution < -0.4 is 15.6 Å². The molecule has 1 atom stereocenters. The van der Waals surface area contributed by atoms with Crippen LogP contribution in [0.4, 0.5) is 8.78 Å². The molecule has 0 fully saturated rings. The zero-order valence-electron chi connectivity index (χ0n) is 17.1. The number of aromatic nitrogens is 1. The highest BCUT2D eigenvalue weighted by Crippen LogP contribution is 2.33. The van der Waals surface area contributed by atoms with Crippen LogP contribution in [0.3, 0.4) is 0 Å². The van der Waals surface area contributed by atoms with Gasteiger partial charge in [0.15, 0.2) is 5.78 Å². The van der Waals surface area contributed by atoms with Gasteiger partial charge in [0, 0.05) is 23.2 Å². The van der Waals surface area contributed by atoms with E-state index in [1.165, 1.54) is 12.1 Å². The van der Waals surface area contributed by atoms with Crippen molar-refractivity contribution in [2.45, 2.75) is 52.7 Å². The number of carbonyl (C=O) groups is 2. The number of rotatable bonds is 6. The van der Waals surface area contributed by atoms with E-state index in [1.54, 1.807) is 25.1 Å². The maximum absolute atomic E-state index is 12.8. The smallest absolute Gasteiger partial charge is 0.387 e. The summed E-state index contributed by atoms with van der Waals surface area (Å²) in [5.74, 6) is -0.860. The molecule has 1 aromatic heterocycles. The van der Waals surface area contributed by atoms with Gasteiger partial charge in [-0.05, 0) is 30.4 Å². The molecular formula is C22H24F2N2O4. The van der Waals surface area contributed by atoms with Crippen molar-refractivity contribution in [2.24, 2.45) is 5.41 Å². The van der Waals surface area contributed by atoms with Gasteiger partial charge >= 0.3 is 6.61 Å². The van der Waals surface area contributed by atoms with Crippen LogP contribution in [0.25, 0.3) is 0 Å². The summed E-state index contributed by atoms with van der Waals surface area (Å²) >= 11 is 0. The molecule has 2 aromatic rings. The van der Waals surface area contributed by atoms with Crippen molar-refractivity contribution in [2.75, 3.05) is 0 Å². The van der Waals surface area contributed by atoms with E-state index in [9.17, 15) is 23.2 Å². The highest BCUT2D eigenvalue weighted by atomic mass is 19.3. The van der Waals surface area contributed by atoms with E-state index >= 15 is 0 Å². The van der Waals surface area contributed by atoms with Crippen LogP contribution in [0.5, 0.6) is 5.75 Å². The lowest BCUT2D eigenvalue weighted by Gasteiger charge is -2.29. The number of H-pyrrole nitrogens is 1. The van der Waals surface area contributed by atoms with Crippen LogP contribution in [0.15, 0.2) is 35.1 Å². The van der Waals surface area contributed by atoms with E-state index in [1.807, 2.05) is 13.8 Å². The molecule has 0 saturated carbocycles. The number of carbonyl (C=O) groups excluding carboxylic acids is 2. The molecule has 0 bridgehead atoms. The monoisotopic (exact) mass is 418 g/mol. The van der Waals surface area contributed by atoms with Crippen molar-refractivity contribution in [1.29, 1.82) is 0 Å². The lowest BCUT2D eigenvalue weighted by Crippen LogP contribution is -2.36. The molecule has 0 aliphatic heterocycles. The fourth-order valence-corrected chi connectivity index (χ4v) is 3.80. The summed E-state index contributed by atoms with van der Waals surface area (Å²) in [6, 6.07) is 6.84. The molecule has 1 aromatic carbocycles. The highest BCUT2D eigenvalue weighted by Gasteiger charge is 2.33. The molecular weight excluding hydrogens is 394 g/mol. The Morgan fingerprint density at radius 2 is 1.93 bits per heavy atom. The number of hydrogen-bond acceptors (Lipinski definition) is 4. The van der Waals surface area contributed by atoms with Crippen LogP contribution >= 0.6 is 0 Å². The van der Waals surface area contributed by atoms with Crippen molar-refractivity contribution < 1.29 is 23.1 Å². The summed E-state index contributed by atoms with van der Waals surface area (Å²) in [4.78, 5) is 40.5. The first-order chi connectivity index (χ1) is 14.1. The summed E-state index contributed by atoms with van der Waals surface area (Å²) in [7, 11) is 0. The SMILES string of the molecule is CCC(NC(=O)c1cc2c([nH]c1=O)CC(C)(C)CC2=O)c1ccccc1OC(F)F. The first-order valence-electron chi connectivity index (χ1n) is 9.75. The van der Waals surface area contributed by atoms with Gasteiger partial charge in [-0.3, -0.25) is 14.4 Å². The summed E-state index contributed by atoms with van der Waals surface area (Å²) in [6.45, 7) is 2.65. The zero-order valence-corrected chi connectivity index (χ0v) is 17.1. The Kier molecular flexibility index (Phi) is 6.05. The summed E-state index contributed by atoms with van der Waals surface area (Å²) < 4.78 is 30.0. The van der Waals surface area contributed by atoms with Gasteiger partial charge in [0.25, 0.3) is 11.5 Å². The number of benzene rings is 1. The number of alkyl halides is 2. The molecule has 1 heterocycles. The molecule has 1 unspecified atom stereocenters. The fraction of sp³-hybridized carbons (Fsp3) is 0.409. The average Bonchev–Trinajstić information content (AvgIpc) is 2.64. The first-order valence-corrected chi connectivity index (χ1v) is 9.75. The number of ketones is 1. The Labute approximate surface area is 172 Å². The minimum absolute atomic E-state index is 0.0450. The van der Waals surface area contributed by atoms with Crippen molar-refractivity contribution >= 4 is 11.7 Å². The zero-order chi connectivity index (χ0) is 22.1. The standard InChI is InChI=1S/C22H24F2N2O4/c1-4-15(12-7-5-6-8-18(12)30-21(23)24)25-19(28)14-9-13-16(26-20(14)29)10-22(2,3)11-17(13)27/h5-9,15,21H,4,10-11H2,1-3H3,(H,25,28)(H,26,29). The molecule has 1 amide bonds. The second kappa shape index (κ2) is 8.38. The predicted molar refractivity (Wildman–Crippen MR) is 107 cm³/mol. The molecule has 1 aliphatic carbocycles. The third kappa shape index (κ3) is 4.58. The minimum Gasteiger partial charge on any atom is -0.434 e.